The largest absolute Gasteiger partial charge is 0.363 e. The van der Waals surface area contributed by atoms with E-state index in [4.69, 9.17) is 4.52 Å². The van der Waals surface area contributed by atoms with E-state index in [2.05, 4.69) is 20.0 Å². The van der Waals surface area contributed by atoms with Crippen molar-refractivity contribution in [3.8, 4) is 23.0 Å². The van der Waals surface area contributed by atoms with Crippen molar-refractivity contribution in [3.63, 3.8) is 0 Å². The summed E-state index contributed by atoms with van der Waals surface area (Å²) in [6.07, 6.45) is 1.64. The van der Waals surface area contributed by atoms with E-state index < -0.39 is 0 Å². The highest BCUT2D eigenvalue weighted by molar-refractivity contribution is 5.71. The predicted octanol–water partition coefficient (Wildman–Crippen LogP) is 2.46. The molecule has 0 bridgehead atoms. The Bertz CT molecular complexity index is 951. The average molecular weight is 366 g/mol. The van der Waals surface area contributed by atoms with E-state index in [1.165, 1.54) is 6.07 Å². The minimum atomic E-state index is -0.368. The molecule has 0 spiro atoms. The van der Waals surface area contributed by atoms with Crippen LogP contribution in [0.25, 0.3) is 23.0 Å². The fourth-order valence-electron chi connectivity index (χ4n) is 3.06. The van der Waals surface area contributed by atoms with Gasteiger partial charge < -0.3 is 14.3 Å². The summed E-state index contributed by atoms with van der Waals surface area (Å²) in [5.41, 5.74) is 1.74. The van der Waals surface area contributed by atoms with Gasteiger partial charge in [-0.2, -0.15) is 4.98 Å². The lowest BCUT2D eigenvalue weighted by Gasteiger charge is -2.33. The molecule has 1 fully saturated rings. The van der Waals surface area contributed by atoms with Gasteiger partial charge in [-0.1, -0.05) is 11.2 Å². The number of benzene rings is 1. The van der Waals surface area contributed by atoms with Gasteiger partial charge in [0.05, 0.1) is 4.92 Å². The number of anilines is 1. The minimum Gasteiger partial charge on any atom is -0.363 e. The maximum Gasteiger partial charge on any atom is 0.293 e. The van der Waals surface area contributed by atoms with Crippen LogP contribution in [0.3, 0.4) is 0 Å². The van der Waals surface area contributed by atoms with Gasteiger partial charge in [0.15, 0.2) is 0 Å². The van der Waals surface area contributed by atoms with Crippen LogP contribution in [-0.4, -0.2) is 58.2 Å². The number of piperazine rings is 1. The zero-order chi connectivity index (χ0) is 18.8. The van der Waals surface area contributed by atoms with Crippen molar-refractivity contribution in [2.75, 3.05) is 38.1 Å². The van der Waals surface area contributed by atoms with E-state index in [1.54, 1.807) is 30.5 Å². The Morgan fingerprint density at radius 3 is 2.67 bits per heavy atom. The van der Waals surface area contributed by atoms with Crippen LogP contribution in [0, 0.1) is 10.1 Å². The third-order valence-corrected chi connectivity index (χ3v) is 4.58. The van der Waals surface area contributed by atoms with Crippen LogP contribution in [0.15, 0.2) is 47.1 Å². The highest BCUT2D eigenvalue weighted by Crippen LogP contribution is 2.33. The normalized spacial score (nSPS) is 15.1. The number of nitro benzene ring substituents is 1. The van der Waals surface area contributed by atoms with Gasteiger partial charge in [0.1, 0.15) is 11.4 Å². The molecule has 2 aromatic heterocycles. The van der Waals surface area contributed by atoms with Crippen LogP contribution in [0.4, 0.5) is 11.4 Å². The van der Waals surface area contributed by atoms with E-state index in [0.29, 0.717) is 22.8 Å². The van der Waals surface area contributed by atoms with Gasteiger partial charge in [-0.25, -0.2) is 0 Å². The van der Waals surface area contributed by atoms with Crippen LogP contribution >= 0.6 is 0 Å². The minimum absolute atomic E-state index is 0.0367. The Balaban J connectivity index is 1.66. The van der Waals surface area contributed by atoms with Crippen molar-refractivity contribution in [2.45, 2.75) is 0 Å². The number of rotatable bonds is 4. The summed E-state index contributed by atoms with van der Waals surface area (Å²) in [5.74, 6) is 0.570. The number of nitro groups is 1. The van der Waals surface area contributed by atoms with Crippen molar-refractivity contribution in [1.29, 1.82) is 0 Å². The Morgan fingerprint density at radius 2 is 1.96 bits per heavy atom. The van der Waals surface area contributed by atoms with Crippen molar-refractivity contribution in [3.05, 3.63) is 52.7 Å². The van der Waals surface area contributed by atoms with E-state index in [1.807, 2.05) is 18.0 Å². The van der Waals surface area contributed by atoms with Crippen molar-refractivity contribution >= 4 is 11.4 Å². The molecule has 0 unspecified atom stereocenters. The first-order valence-corrected chi connectivity index (χ1v) is 8.59. The van der Waals surface area contributed by atoms with Crippen LogP contribution in [0.2, 0.25) is 0 Å². The first-order valence-electron chi connectivity index (χ1n) is 8.59. The molecule has 0 aliphatic carbocycles. The first kappa shape index (κ1) is 17.1. The third-order valence-electron chi connectivity index (χ3n) is 4.58. The van der Waals surface area contributed by atoms with Gasteiger partial charge in [0.2, 0.25) is 5.82 Å². The molecule has 9 nitrogen and oxygen atoms in total. The number of nitrogens with zero attached hydrogens (tertiary/aromatic N) is 6. The van der Waals surface area contributed by atoms with E-state index in [-0.39, 0.29) is 16.5 Å². The molecule has 0 amide bonds. The quantitative estimate of drug-likeness (QED) is 0.513. The average Bonchev–Trinajstić information content (AvgIpc) is 3.19. The molecule has 138 valence electrons. The lowest BCUT2D eigenvalue weighted by atomic mass is 10.1. The summed E-state index contributed by atoms with van der Waals surface area (Å²) in [5, 5.41) is 15.6. The standard InChI is InChI=1S/C18H18N6O3/c1-22-8-10-23(11-9-22)15-6-5-13(12-16(15)24(25)26)18-20-17(21-27-18)14-4-2-3-7-19-14/h2-7,12H,8-11H2,1H3. The smallest absolute Gasteiger partial charge is 0.293 e. The summed E-state index contributed by atoms with van der Waals surface area (Å²) >= 11 is 0. The van der Waals surface area contributed by atoms with Crippen LogP contribution in [-0.2, 0) is 0 Å². The van der Waals surface area contributed by atoms with Crippen LogP contribution in [0.1, 0.15) is 0 Å². The number of aromatic nitrogens is 3. The molecular formula is C18H18N6O3. The Labute approximate surface area is 155 Å². The zero-order valence-corrected chi connectivity index (χ0v) is 14.8. The van der Waals surface area contributed by atoms with Crippen molar-refractivity contribution < 1.29 is 9.45 Å². The molecule has 0 radical (unpaired) electrons. The predicted molar refractivity (Wildman–Crippen MR) is 99.3 cm³/mol. The number of pyridine rings is 1. The van der Waals surface area contributed by atoms with Gasteiger partial charge in [-0.3, -0.25) is 15.1 Å². The van der Waals surface area contributed by atoms with Gasteiger partial charge in [0.25, 0.3) is 11.6 Å². The second kappa shape index (κ2) is 7.12. The number of hydrogen-bond acceptors (Lipinski definition) is 8. The molecule has 0 saturated carbocycles. The molecule has 1 saturated heterocycles. The van der Waals surface area contributed by atoms with Crippen LogP contribution in [0.5, 0.6) is 0 Å². The SMILES string of the molecule is CN1CCN(c2ccc(-c3nc(-c4ccccn4)no3)cc2[N+](=O)[O-])CC1. The molecule has 0 N–H and O–H groups in total. The molecule has 3 heterocycles. The molecule has 9 heteroatoms. The number of likely N-dealkylation sites (N-methyl/N-ethyl adjacent to an activating group) is 1. The van der Waals surface area contributed by atoms with Gasteiger partial charge in [-0.15, -0.1) is 0 Å². The molecule has 3 aromatic rings. The van der Waals surface area contributed by atoms with E-state index in [9.17, 15) is 10.1 Å². The summed E-state index contributed by atoms with van der Waals surface area (Å²) < 4.78 is 5.30. The van der Waals surface area contributed by atoms with Gasteiger partial charge >= 0.3 is 0 Å². The Hall–Kier alpha value is -3.33. The number of hydrogen-bond donors (Lipinski definition) is 0. The molecule has 27 heavy (non-hydrogen) atoms. The lowest BCUT2D eigenvalue weighted by molar-refractivity contribution is -0.384. The Morgan fingerprint density at radius 1 is 1.15 bits per heavy atom. The van der Waals surface area contributed by atoms with Crippen LogP contribution < -0.4 is 4.90 Å². The summed E-state index contributed by atoms with van der Waals surface area (Å²) in [7, 11) is 2.05. The van der Waals surface area contributed by atoms with Gasteiger partial charge in [-0.05, 0) is 31.3 Å². The van der Waals surface area contributed by atoms with Crippen molar-refractivity contribution in [1.82, 2.24) is 20.0 Å². The second-order valence-electron chi connectivity index (χ2n) is 6.39. The maximum atomic E-state index is 11.6. The van der Waals surface area contributed by atoms with E-state index >= 15 is 0 Å². The fraction of sp³-hybridized carbons (Fsp3) is 0.278. The topological polar surface area (TPSA) is 101 Å². The molecule has 4 rings (SSSR count). The second-order valence-corrected chi connectivity index (χ2v) is 6.39. The zero-order valence-electron chi connectivity index (χ0n) is 14.8. The molecule has 1 aliphatic heterocycles. The van der Waals surface area contributed by atoms with E-state index in [0.717, 1.165) is 26.2 Å². The highest BCUT2D eigenvalue weighted by Gasteiger charge is 2.24. The summed E-state index contributed by atoms with van der Waals surface area (Å²) in [4.78, 5) is 24.0. The fourth-order valence-corrected chi connectivity index (χ4v) is 3.06. The molecular weight excluding hydrogens is 348 g/mol. The molecule has 0 atom stereocenters. The van der Waals surface area contributed by atoms with Gasteiger partial charge in [0, 0.05) is 44.0 Å². The Kier molecular flexibility index (Phi) is 4.51. The summed E-state index contributed by atoms with van der Waals surface area (Å²) in [6, 6.07) is 10.4. The third kappa shape index (κ3) is 3.49. The summed E-state index contributed by atoms with van der Waals surface area (Å²) in [6.45, 7) is 3.24. The molecule has 1 aliphatic rings. The highest BCUT2D eigenvalue weighted by atomic mass is 16.6. The lowest BCUT2D eigenvalue weighted by Crippen LogP contribution is -2.44. The maximum absolute atomic E-state index is 11.6. The molecule has 1 aromatic carbocycles. The first-order chi connectivity index (χ1) is 13.1. The van der Waals surface area contributed by atoms with Crippen molar-refractivity contribution in [2.24, 2.45) is 0 Å². The monoisotopic (exact) mass is 366 g/mol.